The summed E-state index contributed by atoms with van der Waals surface area (Å²) >= 11 is 0. The first kappa shape index (κ1) is 16.4. The molecule has 0 aromatic heterocycles. The molecule has 0 aliphatic carbocycles. The van der Waals surface area contributed by atoms with E-state index in [4.69, 9.17) is 0 Å². The highest BCUT2D eigenvalue weighted by Crippen LogP contribution is 2.28. The summed E-state index contributed by atoms with van der Waals surface area (Å²) in [6.45, 7) is 0.364. The van der Waals surface area contributed by atoms with Gasteiger partial charge >= 0.3 is 0 Å². The van der Waals surface area contributed by atoms with Crippen LogP contribution < -0.4 is 5.32 Å². The number of phenolic OH excluding ortho intramolecular Hbond substituents is 1. The Bertz CT molecular complexity index is 936. The van der Waals surface area contributed by atoms with Crippen molar-refractivity contribution in [2.75, 3.05) is 6.54 Å². The number of aromatic hydroxyl groups is 1. The fourth-order valence-corrected chi connectivity index (χ4v) is 2.64. The summed E-state index contributed by atoms with van der Waals surface area (Å²) in [5.41, 5.74) is 1.14. The molecular formula is C19H16N2O4. The van der Waals surface area contributed by atoms with Gasteiger partial charge in [0, 0.05) is 24.1 Å². The molecule has 0 spiro atoms. The predicted octanol–water partition coefficient (Wildman–Crippen LogP) is 3.43. The van der Waals surface area contributed by atoms with Crippen LogP contribution in [0.4, 0.5) is 5.69 Å². The average Bonchev–Trinajstić information content (AvgIpc) is 2.62. The van der Waals surface area contributed by atoms with Gasteiger partial charge in [0.25, 0.3) is 11.6 Å². The Kier molecular flexibility index (Phi) is 4.61. The van der Waals surface area contributed by atoms with Crippen molar-refractivity contribution in [3.63, 3.8) is 0 Å². The number of hydrogen-bond acceptors (Lipinski definition) is 4. The lowest BCUT2D eigenvalue weighted by Gasteiger charge is -2.09. The van der Waals surface area contributed by atoms with E-state index in [1.165, 1.54) is 12.1 Å². The van der Waals surface area contributed by atoms with Crippen molar-refractivity contribution in [2.45, 2.75) is 6.42 Å². The van der Waals surface area contributed by atoms with E-state index in [2.05, 4.69) is 5.32 Å². The van der Waals surface area contributed by atoms with Gasteiger partial charge in [0.15, 0.2) is 0 Å². The zero-order valence-corrected chi connectivity index (χ0v) is 13.3. The molecule has 25 heavy (non-hydrogen) atoms. The van der Waals surface area contributed by atoms with Crippen molar-refractivity contribution in [3.05, 3.63) is 81.9 Å². The van der Waals surface area contributed by atoms with Crippen LogP contribution in [0.5, 0.6) is 5.75 Å². The fourth-order valence-electron chi connectivity index (χ4n) is 2.64. The van der Waals surface area contributed by atoms with Gasteiger partial charge in [-0.05, 0) is 23.4 Å². The Balaban J connectivity index is 1.65. The number of carbonyl (C=O) groups excluding carboxylic acids is 1. The van der Waals surface area contributed by atoms with Gasteiger partial charge in [-0.1, -0.05) is 42.5 Å². The topological polar surface area (TPSA) is 92.5 Å². The molecule has 1 amide bonds. The quantitative estimate of drug-likeness (QED) is 0.551. The third kappa shape index (κ3) is 3.58. The van der Waals surface area contributed by atoms with Crippen molar-refractivity contribution in [1.29, 1.82) is 0 Å². The van der Waals surface area contributed by atoms with Crippen molar-refractivity contribution in [2.24, 2.45) is 0 Å². The highest BCUT2D eigenvalue weighted by atomic mass is 16.6. The molecule has 0 fully saturated rings. The molecule has 0 unspecified atom stereocenters. The van der Waals surface area contributed by atoms with E-state index in [0.29, 0.717) is 18.4 Å². The molecule has 0 saturated carbocycles. The number of nitro groups is 1. The molecule has 2 N–H and O–H groups in total. The first-order valence-electron chi connectivity index (χ1n) is 7.78. The minimum atomic E-state index is -0.450. The van der Waals surface area contributed by atoms with Gasteiger partial charge in [-0.3, -0.25) is 14.9 Å². The summed E-state index contributed by atoms with van der Waals surface area (Å²) in [6, 6.07) is 16.9. The van der Waals surface area contributed by atoms with E-state index in [1.54, 1.807) is 36.4 Å². The number of benzene rings is 3. The van der Waals surface area contributed by atoms with Gasteiger partial charge in [-0.15, -0.1) is 0 Å². The fraction of sp³-hybridized carbons (Fsp3) is 0.105. The minimum absolute atomic E-state index is 0.0360. The molecule has 6 heteroatoms. The summed E-state index contributed by atoms with van der Waals surface area (Å²) < 4.78 is 0. The van der Waals surface area contributed by atoms with Gasteiger partial charge < -0.3 is 10.4 Å². The first-order valence-corrected chi connectivity index (χ1v) is 7.78. The van der Waals surface area contributed by atoms with Crippen LogP contribution in [0.15, 0.2) is 60.7 Å². The van der Waals surface area contributed by atoms with Gasteiger partial charge in [0.1, 0.15) is 5.75 Å². The second-order valence-electron chi connectivity index (χ2n) is 5.61. The molecule has 0 radical (unpaired) electrons. The molecule has 3 rings (SSSR count). The number of phenols is 1. The van der Waals surface area contributed by atoms with E-state index in [1.807, 2.05) is 12.1 Å². The lowest BCUT2D eigenvalue weighted by atomic mass is 10.0. The third-order valence-electron chi connectivity index (χ3n) is 3.99. The number of hydrogen-bond donors (Lipinski definition) is 2. The maximum Gasteiger partial charge on any atom is 0.269 e. The van der Waals surface area contributed by atoms with E-state index < -0.39 is 4.92 Å². The number of amides is 1. The normalized spacial score (nSPS) is 10.6. The van der Waals surface area contributed by atoms with Crippen LogP contribution in [-0.2, 0) is 6.42 Å². The molecule has 0 aliphatic heterocycles. The monoisotopic (exact) mass is 336 g/mol. The number of nitro benzene ring substituents is 1. The molecule has 0 heterocycles. The number of non-ortho nitro benzene ring substituents is 1. The van der Waals surface area contributed by atoms with Crippen LogP contribution in [0.1, 0.15) is 15.9 Å². The molecule has 126 valence electrons. The molecule has 0 bridgehead atoms. The summed E-state index contributed by atoms with van der Waals surface area (Å²) in [6.07, 6.45) is 0.540. The summed E-state index contributed by atoms with van der Waals surface area (Å²) in [7, 11) is 0. The average molecular weight is 336 g/mol. The molecule has 3 aromatic rings. The second-order valence-corrected chi connectivity index (χ2v) is 5.61. The van der Waals surface area contributed by atoms with Crippen LogP contribution in [0.25, 0.3) is 10.8 Å². The summed E-state index contributed by atoms with van der Waals surface area (Å²) in [5, 5.41) is 25.2. The molecule has 3 aromatic carbocycles. The van der Waals surface area contributed by atoms with E-state index in [-0.39, 0.29) is 22.9 Å². The van der Waals surface area contributed by atoms with E-state index in [0.717, 1.165) is 10.9 Å². The molecule has 6 nitrogen and oxygen atoms in total. The number of carbonyl (C=O) groups is 1. The van der Waals surface area contributed by atoms with Crippen LogP contribution in [0.3, 0.4) is 0 Å². The SMILES string of the molecule is O=C(NCCc1ccc([N+](=O)[O-])cc1)c1ccc2ccccc2c1O. The van der Waals surface area contributed by atoms with Gasteiger partial charge in [0.05, 0.1) is 10.5 Å². The van der Waals surface area contributed by atoms with Crippen molar-refractivity contribution >= 4 is 22.4 Å². The lowest BCUT2D eigenvalue weighted by molar-refractivity contribution is -0.384. The Hall–Kier alpha value is -3.41. The maximum atomic E-state index is 12.3. The van der Waals surface area contributed by atoms with Crippen molar-refractivity contribution in [1.82, 2.24) is 5.32 Å². The number of fused-ring (bicyclic) bond motifs is 1. The zero-order chi connectivity index (χ0) is 17.8. The lowest BCUT2D eigenvalue weighted by Crippen LogP contribution is -2.25. The van der Waals surface area contributed by atoms with Crippen LogP contribution in [0.2, 0.25) is 0 Å². The highest BCUT2D eigenvalue weighted by molar-refractivity contribution is 6.03. The van der Waals surface area contributed by atoms with Gasteiger partial charge in [0.2, 0.25) is 0 Å². The third-order valence-corrected chi connectivity index (χ3v) is 3.99. The van der Waals surface area contributed by atoms with Gasteiger partial charge in [-0.2, -0.15) is 0 Å². The van der Waals surface area contributed by atoms with Crippen LogP contribution in [0, 0.1) is 10.1 Å². The second kappa shape index (κ2) is 7.00. The first-order chi connectivity index (χ1) is 12.1. The molecule has 0 saturated heterocycles. The van der Waals surface area contributed by atoms with Crippen molar-refractivity contribution in [3.8, 4) is 5.75 Å². The Morgan fingerprint density at radius 3 is 2.48 bits per heavy atom. The largest absolute Gasteiger partial charge is 0.506 e. The molecule has 0 atom stereocenters. The Morgan fingerprint density at radius 1 is 1.04 bits per heavy atom. The Morgan fingerprint density at radius 2 is 1.76 bits per heavy atom. The van der Waals surface area contributed by atoms with Crippen LogP contribution in [-0.4, -0.2) is 22.5 Å². The smallest absolute Gasteiger partial charge is 0.269 e. The molecular weight excluding hydrogens is 320 g/mol. The predicted molar refractivity (Wildman–Crippen MR) is 94.7 cm³/mol. The van der Waals surface area contributed by atoms with Crippen LogP contribution >= 0.6 is 0 Å². The number of rotatable bonds is 5. The highest BCUT2D eigenvalue weighted by Gasteiger charge is 2.13. The van der Waals surface area contributed by atoms with E-state index >= 15 is 0 Å². The van der Waals surface area contributed by atoms with E-state index in [9.17, 15) is 20.0 Å². The maximum absolute atomic E-state index is 12.3. The number of nitrogens with zero attached hydrogens (tertiary/aromatic N) is 1. The minimum Gasteiger partial charge on any atom is -0.506 e. The van der Waals surface area contributed by atoms with Crippen molar-refractivity contribution < 1.29 is 14.8 Å². The Labute approximate surface area is 143 Å². The standard InChI is InChI=1S/C19H16N2O4/c22-18-16-4-2-1-3-14(16)7-10-17(18)19(23)20-12-11-13-5-8-15(9-6-13)21(24)25/h1-10,22H,11-12H2,(H,20,23). The number of nitrogens with one attached hydrogen (secondary N) is 1. The molecule has 0 aliphatic rings. The van der Waals surface area contributed by atoms with Gasteiger partial charge in [-0.25, -0.2) is 0 Å². The summed E-state index contributed by atoms with van der Waals surface area (Å²) in [4.78, 5) is 22.5. The zero-order valence-electron chi connectivity index (χ0n) is 13.3. The summed E-state index contributed by atoms with van der Waals surface area (Å²) in [5.74, 6) is -0.392.